The maximum atomic E-state index is 12.0. The van der Waals surface area contributed by atoms with E-state index in [1.54, 1.807) is 0 Å². The van der Waals surface area contributed by atoms with E-state index >= 15 is 0 Å². The Kier molecular flexibility index (Phi) is 3.45. The van der Waals surface area contributed by atoms with Crippen molar-refractivity contribution in [2.24, 2.45) is 11.8 Å². The second-order valence-corrected chi connectivity index (χ2v) is 7.11. The van der Waals surface area contributed by atoms with E-state index in [9.17, 15) is 13.2 Å². The quantitative estimate of drug-likeness (QED) is 0.787. The lowest BCUT2D eigenvalue weighted by atomic mass is 10.1. The van der Waals surface area contributed by atoms with Gasteiger partial charge in [-0.05, 0) is 25.2 Å². The van der Waals surface area contributed by atoms with Gasteiger partial charge in [0.05, 0.1) is 6.26 Å². The SMILES string of the molecule is C[C@@H]1C[C@@H]1C(=O)N1CCC[C@@H](NS(C)(=O)=O)C1. The van der Waals surface area contributed by atoms with Crippen LogP contribution in [0.2, 0.25) is 0 Å². The van der Waals surface area contributed by atoms with Crippen LogP contribution in [0.3, 0.4) is 0 Å². The van der Waals surface area contributed by atoms with Gasteiger partial charge < -0.3 is 4.90 Å². The van der Waals surface area contributed by atoms with Crippen molar-refractivity contribution in [3.8, 4) is 0 Å². The zero-order chi connectivity index (χ0) is 12.6. The highest BCUT2D eigenvalue weighted by molar-refractivity contribution is 7.88. The highest BCUT2D eigenvalue weighted by atomic mass is 32.2. The fourth-order valence-electron chi connectivity index (χ4n) is 2.48. The summed E-state index contributed by atoms with van der Waals surface area (Å²) in [7, 11) is -3.18. The molecule has 0 aromatic carbocycles. The first kappa shape index (κ1) is 12.8. The number of amides is 1. The summed E-state index contributed by atoms with van der Waals surface area (Å²) >= 11 is 0. The lowest BCUT2D eigenvalue weighted by Gasteiger charge is -2.33. The lowest BCUT2D eigenvalue weighted by Crippen LogP contribution is -2.49. The van der Waals surface area contributed by atoms with Gasteiger partial charge in [0.15, 0.2) is 0 Å². The number of carbonyl (C=O) groups excluding carboxylic acids is 1. The average molecular weight is 260 g/mol. The van der Waals surface area contributed by atoms with Crippen LogP contribution >= 0.6 is 0 Å². The highest BCUT2D eigenvalue weighted by Crippen LogP contribution is 2.39. The Hall–Kier alpha value is -0.620. The molecule has 1 N–H and O–H groups in total. The summed E-state index contributed by atoms with van der Waals surface area (Å²) in [6, 6.07) is -0.114. The van der Waals surface area contributed by atoms with Gasteiger partial charge in [-0.15, -0.1) is 0 Å². The van der Waals surface area contributed by atoms with Crippen LogP contribution in [0.1, 0.15) is 26.2 Å². The third-order valence-corrected chi connectivity index (χ3v) is 4.30. The predicted octanol–water partition coefficient (Wildman–Crippen LogP) is 0.183. The molecule has 1 saturated carbocycles. The van der Waals surface area contributed by atoms with Gasteiger partial charge in [-0.1, -0.05) is 6.92 Å². The van der Waals surface area contributed by atoms with Crippen molar-refractivity contribution in [1.82, 2.24) is 9.62 Å². The van der Waals surface area contributed by atoms with Crippen molar-refractivity contribution in [3.63, 3.8) is 0 Å². The minimum absolute atomic E-state index is 0.114. The molecule has 2 rings (SSSR count). The molecule has 0 aromatic rings. The van der Waals surface area contributed by atoms with Gasteiger partial charge in [0.1, 0.15) is 0 Å². The molecular formula is C11H20N2O3S. The summed E-state index contributed by atoms with van der Waals surface area (Å²) in [5.41, 5.74) is 0. The minimum Gasteiger partial charge on any atom is -0.341 e. The molecule has 0 radical (unpaired) electrons. The number of piperidine rings is 1. The Labute approximate surface area is 103 Å². The van der Waals surface area contributed by atoms with Crippen LogP contribution in [0.15, 0.2) is 0 Å². The molecule has 6 heteroatoms. The van der Waals surface area contributed by atoms with E-state index in [-0.39, 0.29) is 17.9 Å². The summed E-state index contributed by atoms with van der Waals surface area (Å²) in [6.07, 6.45) is 3.84. The predicted molar refractivity (Wildman–Crippen MR) is 64.9 cm³/mol. The molecule has 0 spiro atoms. The number of likely N-dealkylation sites (tertiary alicyclic amines) is 1. The van der Waals surface area contributed by atoms with Gasteiger partial charge in [0.2, 0.25) is 15.9 Å². The second kappa shape index (κ2) is 4.57. The van der Waals surface area contributed by atoms with Gasteiger partial charge in [0.25, 0.3) is 0 Å². The van der Waals surface area contributed by atoms with Crippen molar-refractivity contribution in [2.75, 3.05) is 19.3 Å². The summed E-state index contributed by atoms with van der Waals surface area (Å²) < 4.78 is 24.9. The standard InChI is InChI=1S/C11H20N2O3S/c1-8-6-10(8)11(14)13-5-3-4-9(7-13)12-17(2,15)16/h8-10,12H,3-7H2,1-2H3/t8-,9-,10+/m1/s1. The first-order valence-corrected chi connectivity index (χ1v) is 8.02. The number of hydrogen-bond acceptors (Lipinski definition) is 3. The molecule has 2 fully saturated rings. The van der Waals surface area contributed by atoms with Crippen LogP contribution in [-0.2, 0) is 14.8 Å². The molecule has 0 unspecified atom stereocenters. The van der Waals surface area contributed by atoms with E-state index in [0.717, 1.165) is 32.1 Å². The monoisotopic (exact) mass is 260 g/mol. The molecule has 17 heavy (non-hydrogen) atoms. The minimum atomic E-state index is -3.18. The van der Waals surface area contributed by atoms with E-state index in [2.05, 4.69) is 11.6 Å². The van der Waals surface area contributed by atoms with E-state index in [1.165, 1.54) is 0 Å². The molecule has 1 heterocycles. The number of nitrogens with zero attached hydrogens (tertiary/aromatic N) is 1. The number of carbonyl (C=O) groups is 1. The Balaban J connectivity index is 1.90. The zero-order valence-electron chi connectivity index (χ0n) is 10.3. The third kappa shape index (κ3) is 3.42. The zero-order valence-corrected chi connectivity index (χ0v) is 11.2. The van der Waals surface area contributed by atoms with Gasteiger partial charge in [-0.3, -0.25) is 4.79 Å². The summed E-state index contributed by atoms with van der Waals surface area (Å²) in [5.74, 6) is 0.898. The largest absolute Gasteiger partial charge is 0.341 e. The van der Waals surface area contributed by atoms with Gasteiger partial charge in [-0.2, -0.15) is 0 Å². The van der Waals surface area contributed by atoms with Crippen molar-refractivity contribution in [1.29, 1.82) is 0 Å². The average Bonchev–Trinajstić information content (AvgIpc) is 2.92. The van der Waals surface area contributed by atoms with Crippen molar-refractivity contribution in [3.05, 3.63) is 0 Å². The Morgan fingerprint density at radius 1 is 1.41 bits per heavy atom. The summed E-state index contributed by atoms with van der Waals surface area (Å²) in [6.45, 7) is 3.37. The van der Waals surface area contributed by atoms with Crippen LogP contribution in [-0.4, -0.2) is 44.6 Å². The van der Waals surface area contributed by atoms with Crippen LogP contribution in [0.25, 0.3) is 0 Å². The summed E-state index contributed by atoms with van der Waals surface area (Å²) in [4.78, 5) is 13.9. The molecule has 0 bridgehead atoms. The fourth-order valence-corrected chi connectivity index (χ4v) is 3.27. The third-order valence-electron chi connectivity index (χ3n) is 3.54. The molecule has 3 atom stereocenters. The van der Waals surface area contributed by atoms with Crippen molar-refractivity contribution >= 4 is 15.9 Å². The smallest absolute Gasteiger partial charge is 0.226 e. The van der Waals surface area contributed by atoms with Crippen LogP contribution < -0.4 is 4.72 Å². The molecule has 5 nitrogen and oxygen atoms in total. The molecular weight excluding hydrogens is 240 g/mol. The Morgan fingerprint density at radius 3 is 2.59 bits per heavy atom. The second-order valence-electron chi connectivity index (χ2n) is 5.33. The van der Waals surface area contributed by atoms with Gasteiger partial charge >= 0.3 is 0 Å². The topological polar surface area (TPSA) is 66.5 Å². The first-order valence-electron chi connectivity index (χ1n) is 6.13. The van der Waals surface area contributed by atoms with Crippen LogP contribution in [0, 0.1) is 11.8 Å². The molecule has 2 aliphatic rings. The van der Waals surface area contributed by atoms with E-state index < -0.39 is 10.0 Å². The number of rotatable bonds is 3. The van der Waals surface area contributed by atoms with E-state index in [4.69, 9.17) is 0 Å². The number of nitrogens with one attached hydrogen (secondary N) is 1. The number of hydrogen-bond donors (Lipinski definition) is 1. The molecule has 1 amide bonds. The number of sulfonamides is 1. The Morgan fingerprint density at radius 2 is 2.06 bits per heavy atom. The maximum absolute atomic E-state index is 12.0. The van der Waals surface area contributed by atoms with E-state index in [1.807, 2.05) is 4.90 Å². The van der Waals surface area contributed by atoms with E-state index in [0.29, 0.717) is 12.5 Å². The van der Waals surface area contributed by atoms with Gasteiger partial charge in [0, 0.05) is 25.0 Å². The lowest BCUT2D eigenvalue weighted by molar-refractivity contribution is -0.134. The highest BCUT2D eigenvalue weighted by Gasteiger charge is 2.42. The van der Waals surface area contributed by atoms with Crippen molar-refractivity contribution < 1.29 is 13.2 Å². The molecule has 1 saturated heterocycles. The molecule has 1 aliphatic carbocycles. The first-order chi connectivity index (χ1) is 7.87. The molecule has 0 aromatic heterocycles. The molecule has 98 valence electrons. The maximum Gasteiger partial charge on any atom is 0.226 e. The summed E-state index contributed by atoms with van der Waals surface area (Å²) in [5, 5.41) is 0. The van der Waals surface area contributed by atoms with Crippen molar-refractivity contribution in [2.45, 2.75) is 32.2 Å². The van der Waals surface area contributed by atoms with Crippen LogP contribution in [0.4, 0.5) is 0 Å². The Bertz CT molecular complexity index is 407. The van der Waals surface area contributed by atoms with Crippen LogP contribution in [0.5, 0.6) is 0 Å². The molecule has 1 aliphatic heterocycles. The van der Waals surface area contributed by atoms with Gasteiger partial charge in [-0.25, -0.2) is 13.1 Å². The normalized spacial score (nSPS) is 33.5. The fraction of sp³-hybridized carbons (Fsp3) is 0.909.